The van der Waals surface area contributed by atoms with Crippen LogP contribution in [0.1, 0.15) is 25.3 Å². The van der Waals surface area contributed by atoms with Gasteiger partial charge in [0.05, 0.1) is 13.0 Å². The fourth-order valence-corrected chi connectivity index (χ4v) is 5.63. The molecule has 0 unspecified atom stereocenters. The van der Waals surface area contributed by atoms with E-state index in [1.807, 2.05) is 49.4 Å². The molecule has 7 heteroatoms. The first-order chi connectivity index (χ1) is 15.0. The molecule has 1 fully saturated rings. The van der Waals surface area contributed by atoms with Crippen molar-refractivity contribution >= 4 is 32.4 Å². The predicted octanol–water partition coefficient (Wildman–Crippen LogP) is 4.20. The molecule has 162 valence electrons. The number of rotatable bonds is 7. The molecular weight excluding hydrogens is 412 g/mol. The summed E-state index contributed by atoms with van der Waals surface area (Å²) >= 11 is 0. The number of carbonyl (C=O) groups is 1. The molecule has 0 aliphatic carbocycles. The number of nitrogens with zero attached hydrogens (tertiary/aromatic N) is 1. The molecule has 0 bridgehead atoms. The van der Waals surface area contributed by atoms with Crippen molar-refractivity contribution in [3.8, 4) is 5.75 Å². The Morgan fingerprint density at radius 1 is 1.03 bits per heavy atom. The largest absolute Gasteiger partial charge is 0.492 e. The fourth-order valence-electron chi connectivity index (χ4n) is 3.95. The Bertz CT molecular complexity index is 1200. The number of anilines is 1. The third kappa shape index (κ3) is 4.57. The summed E-state index contributed by atoms with van der Waals surface area (Å²) in [4.78, 5) is 12.8. The Morgan fingerprint density at radius 3 is 2.55 bits per heavy atom. The highest BCUT2D eigenvalue weighted by Gasteiger charge is 2.30. The average molecular weight is 439 g/mol. The van der Waals surface area contributed by atoms with E-state index in [1.54, 1.807) is 12.1 Å². The van der Waals surface area contributed by atoms with E-state index in [4.69, 9.17) is 4.74 Å². The minimum absolute atomic E-state index is 0.0965. The van der Waals surface area contributed by atoms with Crippen LogP contribution in [0.5, 0.6) is 5.75 Å². The molecule has 1 heterocycles. The normalized spacial score (nSPS) is 14.6. The number of hydrogen-bond donors (Lipinski definition) is 1. The molecule has 3 aromatic rings. The van der Waals surface area contributed by atoms with Gasteiger partial charge in [0.15, 0.2) is 0 Å². The highest BCUT2D eigenvalue weighted by Crippen LogP contribution is 2.32. The zero-order valence-electron chi connectivity index (χ0n) is 17.5. The summed E-state index contributed by atoms with van der Waals surface area (Å²) < 4.78 is 33.3. The molecule has 0 radical (unpaired) electrons. The fraction of sp³-hybridized carbons (Fsp3) is 0.292. The lowest BCUT2D eigenvalue weighted by atomic mass is 10.0. The first kappa shape index (κ1) is 21.3. The molecule has 0 atom stereocenters. The van der Waals surface area contributed by atoms with Gasteiger partial charge in [0.2, 0.25) is 15.9 Å². The first-order valence-corrected chi connectivity index (χ1v) is 12.0. The maximum absolute atomic E-state index is 13.1. The molecule has 3 aromatic carbocycles. The average Bonchev–Trinajstić information content (AvgIpc) is 3.31. The molecule has 0 spiro atoms. The minimum atomic E-state index is -3.68. The highest BCUT2D eigenvalue weighted by molar-refractivity contribution is 7.89. The summed E-state index contributed by atoms with van der Waals surface area (Å²) in [5.74, 6) is 0.103. The van der Waals surface area contributed by atoms with Gasteiger partial charge in [-0.15, -0.1) is 0 Å². The standard InChI is InChI=1S/C24H26N2O4S/c1-2-30-22-13-12-20(17-23(22)31(28,29)26-14-5-6-15-26)25-24(27)16-19-10-7-9-18-8-3-4-11-21(18)19/h3-4,7-13,17H,2,5-6,14-16H2,1H3,(H,25,27). The molecule has 1 saturated heterocycles. The summed E-state index contributed by atoms with van der Waals surface area (Å²) in [5.41, 5.74) is 1.36. The predicted molar refractivity (Wildman–Crippen MR) is 122 cm³/mol. The van der Waals surface area contributed by atoms with Crippen molar-refractivity contribution in [1.29, 1.82) is 0 Å². The van der Waals surface area contributed by atoms with Gasteiger partial charge >= 0.3 is 0 Å². The minimum Gasteiger partial charge on any atom is -0.492 e. The summed E-state index contributed by atoms with van der Waals surface area (Å²) in [7, 11) is -3.68. The van der Waals surface area contributed by atoms with E-state index >= 15 is 0 Å². The van der Waals surface area contributed by atoms with E-state index in [0.717, 1.165) is 29.2 Å². The second-order valence-electron chi connectivity index (χ2n) is 7.57. The van der Waals surface area contributed by atoms with Crippen molar-refractivity contribution in [2.24, 2.45) is 0 Å². The molecule has 1 aliphatic heterocycles. The van der Waals surface area contributed by atoms with Gasteiger partial charge in [0.25, 0.3) is 0 Å². The van der Waals surface area contributed by atoms with E-state index in [0.29, 0.717) is 31.1 Å². The number of hydrogen-bond acceptors (Lipinski definition) is 4. The molecule has 31 heavy (non-hydrogen) atoms. The molecule has 1 N–H and O–H groups in total. The molecule has 6 nitrogen and oxygen atoms in total. The van der Waals surface area contributed by atoms with E-state index in [-0.39, 0.29) is 17.2 Å². The third-order valence-electron chi connectivity index (χ3n) is 5.44. The van der Waals surface area contributed by atoms with E-state index in [1.165, 1.54) is 10.4 Å². The van der Waals surface area contributed by atoms with Gasteiger partial charge in [-0.1, -0.05) is 42.5 Å². The Morgan fingerprint density at radius 2 is 1.77 bits per heavy atom. The molecular formula is C24H26N2O4S. The van der Waals surface area contributed by atoms with Crippen LogP contribution >= 0.6 is 0 Å². The van der Waals surface area contributed by atoms with Gasteiger partial charge in [0.1, 0.15) is 10.6 Å². The molecule has 4 rings (SSSR count). The van der Waals surface area contributed by atoms with Crippen molar-refractivity contribution in [2.45, 2.75) is 31.1 Å². The number of benzene rings is 3. The number of fused-ring (bicyclic) bond motifs is 1. The molecule has 1 aliphatic rings. The van der Waals surface area contributed by atoms with Crippen LogP contribution in [0.2, 0.25) is 0 Å². The van der Waals surface area contributed by atoms with Crippen LogP contribution in [0, 0.1) is 0 Å². The number of nitrogens with one attached hydrogen (secondary N) is 1. The smallest absolute Gasteiger partial charge is 0.246 e. The number of ether oxygens (including phenoxy) is 1. The highest BCUT2D eigenvalue weighted by atomic mass is 32.2. The summed E-state index contributed by atoms with van der Waals surface area (Å²) in [6.07, 6.45) is 1.90. The van der Waals surface area contributed by atoms with Crippen molar-refractivity contribution in [1.82, 2.24) is 4.31 Å². The molecule has 1 amide bonds. The van der Waals surface area contributed by atoms with E-state index < -0.39 is 10.0 Å². The third-order valence-corrected chi connectivity index (χ3v) is 7.36. The quantitative estimate of drug-likeness (QED) is 0.600. The van der Waals surface area contributed by atoms with E-state index in [2.05, 4.69) is 5.32 Å². The van der Waals surface area contributed by atoms with Crippen LogP contribution in [0.3, 0.4) is 0 Å². The van der Waals surface area contributed by atoms with Crippen LogP contribution in [0.25, 0.3) is 10.8 Å². The second kappa shape index (κ2) is 9.08. The topological polar surface area (TPSA) is 75.7 Å². The molecule has 0 aromatic heterocycles. The Balaban J connectivity index is 1.59. The van der Waals surface area contributed by atoms with Crippen LogP contribution in [0.15, 0.2) is 65.6 Å². The summed E-state index contributed by atoms with van der Waals surface area (Å²) in [6, 6.07) is 18.6. The number of carbonyl (C=O) groups excluding carboxylic acids is 1. The lowest BCUT2D eigenvalue weighted by Gasteiger charge is -2.19. The number of sulfonamides is 1. The monoisotopic (exact) mass is 438 g/mol. The Hall–Kier alpha value is -2.90. The Labute approximate surface area is 182 Å². The zero-order valence-corrected chi connectivity index (χ0v) is 18.3. The molecule has 0 saturated carbocycles. The van der Waals surface area contributed by atoms with Crippen LogP contribution in [-0.2, 0) is 21.2 Å². The van der Waals surface area contributed by atoms with Gasteiger partial charge in [0, 0.05) is 18.8 Å². The van der Waals surface area contributed by atoms with Gasteiger partial charge in [-0.3, -0.25) is 4.79 Å². The van der Waals surface area contributed by atoms with Crippen molar-refractivity contribution in [2.75, 3.05) is 25.0 Å². The maximum Gasteiger partial charge on any atom is 0.246 e. The SMILES string of the molecule is CCOc1ccc(NC(=O)Cc2cccc3ccccc23)cc1S(=O)(=O)N1CCCC1. The van der Waals surface area contributed by atoms with Gasteiger partial charge in [-0.25, -0.2) is 8.42 Å². The van der Waals surface area contributed by atoms with Crippen molar-refractivity contribution in [3.63, 3.8) is 0 Å². The van der Waals surface area contributed by atoms with Crippen LogP contribution in [-0.4, -0.2) is 38.3 Å². The van der Waals surface area contributed by atoms with Gasteiger partial charge in [-0.2, -0.15) is 4.31 Å². The zero-order chi connectivity index (χ0) is 21.8. The number of amides is 1. The lowest BCUT2D eigenvalue weighted by Crippen LogP contribution is -2.28. The first-order valence-electron chi connectivity index (χ1n) is 10.5. The van der Waals surface area contributed by atoms with Gasteiger partial charge in [-0.05, 0) is 54.3 Å². The van der Waals surface area contributed by atoms with Crippen molar-refractivity contribution < 1.29 is 17.9 Å². The van der Waals surface area contributed by atoms with Crippen LogP contribution in [0.4, 0.5) is 5.69 Å². The lowest BCUT2D eigenvalue weighted by molar-refractivity contribution is -0.115. The summed E-state index contributed by atoms with van der Waals surface area (Å²) in [5, 5.41) is 4.96. The summed E-state index contributed by atoms with van der Waals surface area (Å²) in [6.45, 7) is 3.18. The van der Waals surface area contributed by atoms with E-state index in [9.17, 15) is 13.2 Å². The Kier molecular flexibility index (Phi) is 6.25. The van der Waals surface area contributed by atoms with Crippen LogP contribution < -0.4 is 10.1 Å². The second-order valence-corrected chi connectivity index (χ2v) is 9.48. The van der Waals surface area contributed by atoms with Gasteiger partial charge < -0.3 is 10.1 Å². The maximum atomic E-state index is 13.1. The van der Waals surface area contributed by atoms with Crippen molar-refractivity contribution in [3.05, 3.63) is 66.2 Å².